The van der Waals surface area contributed by atoms with Gasteiger partial charge < -0.3 is 10.0 Å². The van der Waals surface area contributed by atoms with Crippen molar-refractivity contribution < 1.29 is 14.7 Å². The van der Waals surface area contributed by atoms with E-state index in [1.165, 1.54) is 0 Å². The van der Waals surface area contributed by atoms with Crippen LogP contribution in [0.15, 0.2) is 0 Å². The average molecular weight is 201 g/mol. The third-order valence-corrected chi connectivity index (χ3v) is 1.69. The zero-order chi connectivity index (χ0) is 11.4. The molecule has 1 amide bonds. The van der Waals surface area contributed by atoms with Crippen molar-refractivity contribution in [3.05, 3.63) is 0 Å². The van der Waals surface area contributed by atoms with Crippen LogP contribution >= 0.6 is 0 Å². The van der Waals surface area contributed by atoms with Gasteiger partial charge in [0.1, 0.15) is 0 Å². The van der Waals surface area contributed by atoms with Crippen LogP contribution in [0.2, 0.25) is 0 Å². The van der Waals surface area contributed by atoms with E-state index in [0.29, 0.717) is 6.54 Å². The second kappa shape index (κ2) is 4.98. The van der Waals surface area contributed by atoms with Gasteiger partial charge in [0.25, 0.3) is 0 Å². The molecule has 0 bridgehead atoms. The van der Waals surface area contributed by atoms with Crippen LogP contribution in [0.4, 0.5) is 0 Å². The summed E-state index contributed by atoms with van der Waals surface area (Å²) in [5.74, 6) is -1.04. The maximum atomic E-state index is 11.4. The van der Waals surface area contributed by atoms with E-state index in [0.717, 1.165) is 0 Å². The number of carbonyl (C=O) groups excluding carboxylic acids is 1. The molecular formula is C10H19NO3. The Morgan fingerprint density at radius 1 is 1.21 bits per heavy atom. The molecule has 0 aliphatic carbocycles. The van der Waals surface area contributed by atoms with Gasteiger partial charge in [-0.3, -0.25) is 9.59 Å². The highest BCUT2D eigenvalue weighted by Gasteiger charge is 2.17. The van der Waals surface area contributed by atoms with Gasteiger partial charge >= 0.3 is 5.97 Å². The highest BCUT2D eigenvalue weighted by molar-refractivity contribution is 5.80. The van der Waals surface area contributed by atoms with Gasteiger partial charge in [-0.2, -0.15) is 0 Å². The summed E-state index contributed by atoms with van der Waals surface area (Å²) in [5, 5.41) is 8.41. The summed E-state index contributed by atoms with van der Waals surface area (Å²) < 4.78 is 0. The van der Waals surface area contributed by atoms with Crippen molar-refractivity contribution >= 4 is 11.9 Å². The molecule has 0 spiro atoms. The van der Waals surface area contributed by atoms with Crippen molar-refractivity contribution in [1.29, 1.82) is 0 Å². The molecule has 1 N–H and O–H groups in total. The standard InChI is InChI=1S/C10H19NO3/c1-10(2,3)7-11(4)8(12)5-6-9(13)14/h5-7H2,1-4H3,(H,13,14). The molecule has 0 aromatic carbocycles. The van der Waals surface area contributed by atoms with Gasteiger partial charge in [0.05, 0.1) is 6.42 Å². The number of carboxylic acids is 1. The van der Waals surface area contributed by atoms with Crippen molar-refractivity contribution in [3.8, 4) is 0 Å². The molecule has 0 radical (unpaired) electrons. The van der Waals surface area contributed by atoms with Crippen LogP contribution in [-0.2, 0) is 9.59 Å². The van der Waals surface area contributed by atoms with Crippen LogP contribution in [0.3, 0.4) is 0 Å². The van der Waals surface area contributed by atoms with Gasteiger partial charge in [-0.1, -0.05) is 20.8 Å². The van der Waals surface area contributed by atoms with E-state index in [9.17, 15) is 9.59 Å². The SMILES string of the molecule is CN(CC(C)(C)C)C(=O)CCC(=O)O. The first-order chi connectivity index (χ1) is 6.22. The summed E-state index contributed by atoms with van der Waals surface area (Å²) in [6, 6.07) is 0. The van der Waals surface area contributed by atoms with Crippen molar-refractivity contribution in [3.63, 3.8) is 0 Å². The molecule has 14 heavy (non-hydrogen) atoms. The van der Waals surface area contributed by atoms with E-state index in [1.54, 1.807) is 11.9 Å². The zero-order valence-electron chi connectivity index (χ0n) is 9.33. The highest BCUT2D eigenvalue weighted by Crippen LogP contribution is 2.14. The summed E-state index contributed by atoms with van der Waals surface area (Å²) in [6.07, 6.45) is -0.00473. The minimum absolute atomic E-state index is 0.0492. The number of amides is 1. The predicted molar refractivity (Wildman–Crippen MR) is 54.0 cm³/mol. The Hall–Kier alpha value is -1.06. The van der Waals surface area contributed by atoms with Gasteiger partial charge in [0, 0.05) is 20.0 Å². The molecule has 0 saturated carbocycles. The monoisotopic (exact) mass is 201 g/mol. The Morgan fingerprint density at radius 3 is 2.07 bits per heavy atom. The predicted octanol–water partition coefficient (Wildman–Crippen LogP) is 1.36. The fourth-order valence-electron chi connectivity index (χ4n) is 1.20. The lowest BCUT2D eigenvalue weighted by Crippen LogP contribution is -2.34. The van der Waals surface area contributed by atoms with Gasteiger partial charge in [0.2, 0.25) is 5.91 Å². The van der Waals surface area contributed by atoms with E-state index in [4.69, 9.17) is 5.11 Å². The highest BCUT2D eigenvalue weighted by atomic mass is 16.4. The normalized spacial score (nSPS) is 11.1. The molecule has 0 heterocycles. The van der Waals surface area contributed by atoms with Crippen molar-refractivity contribution in [2.75, 3.05) is 13.6 Å². The van der Waals surface area contributed by atoms with E-state index in [-0.39, 0.29) is 24.2 Å². The van der Waals surface area contributed by atoms with Crippen LogP contribution in [0, 0.1) is 5.41 Å². The number of carboxylic acid groups (broad SMARTS) is 1. The Kier molecular flexibility index (Phi) is 4.60. The molecule has 0 aliphatic heterocycles. The number of carbonyl (C=O) groups is 2. The van der Waals surface area contributed by atoms with Crippen molar-refractivity contribution in [2.24, 2.45) is 5.41 Å². The lowest BCUT2D eigenvalue weighted by atomic mass is 9.96. The maximum absolute atomic E-state index is 11.4. The second-order valence-corrected chi connectivity index (χ2v) is 4.70. The van der Waals surface area contributed by atoms with Crippen LogP contribution in [-0.4, -0.2) is 35.5 Å². The molecule has 82 valence electrons. The number of nitrogens with zero attached hydrogens (tertiary/aromatic N) is 1. The molecule has 0 aromatic heterocycles. The summed E-state index contributed by atoms with van der Waals surface area (Å²) in [4.78, 5) is 23.2. The van der Waals surface area contributed by atoms with E-state index in [1.807, 2.05) is 20.8 Å². The second-order valence-electron chi connectivity index (χ2n) is 4.70. The number of rotatable bonds is 4. The molecule has 4 heteroatoms. The lowest BCUT2D eigenvalue weighted by Gasteiger charge is -2.26. The molecule has 0 saturated heterocycles. The Balaban J connectivity index is 3.94. The number of aliphatic carboxylic acids is 1. The fraction of sp³-hybridized carbons (Fsp3) is 0.800. The third-order valence-electron chi connectivity index (χ3n) is 1.69. The van der Waals surface area contributed by atoms with Gasteiger partial charge in [-0.05, 0) is 5.41 Å². The molecule has 0 aromatic rings. The molecular weight excluding hydrogens is 182 g/mol. The van der Waals surface area contributed by atoms with Crippen molar-refractivity contribution in [1.82, 2.24) is 4.90 Å². The van der Waals surface area contributed by atoms with Crippen LogP contribution in [0.25, 0.3) is 0 Å². The molecule has 0 atom stereocenters. The van der Waals surface area contributed by atoms with Crippen molar-refractivity contribution in [2.45, 2.75) is 33.6 Å². The summed E-state index contributed by atoms with van der Waals surface area (Å²) in [6.45, 7) is 6.75. The summed E-state index contributed by atoms with van der Waals surface area (Å²) >= 11 is 0. The molecule has 0 aliphatic rings. The van der Waals surface area contributed by atoms with Gasteiger partial charge in [-0.25, -0.2) is 0 Å². The van der Waals surface area contributed by atoms with Gasteiger partial charge in [-0.15, -0.1) is 0 Å². The lowest BCUT2D eigenvalue weighted by molar-refractivity contribution is -0.140. The van der Waals surface area contributed by atoms with Crippen LogP contribution < -0.4 is 0 Å². The smallest absolute Gasteiger partial charge is 0.303 e. The van der Waals surface area contributed by atoms with Crippen LogP contribution in [0.1, 0.15) is 33.6 Å². The summed E-state index contributed by atoms with van der Waals surface area (Å²) in [7, 11) is 1.70. The Morgan fingerprint density at radius 2 is 1.71 bits per heavy atom. The maximum Gasteiger partial charge on any atom is 0.303 e. The topological polar surface area (TPSA) is 57.6 Å². The Bertz CT molecular complexity index is 218. The molecule has 4 nitrogen and oxygen atoms in total. The first-order valence-corrected chi connectivity index (χ1v) is 4.68. The van der Waals surface area contributed by atoms with E-state index < -0.39 is 5.97 Å². The minimum atomic E-state index is -0.928. The minimum Gasteiger partial charge on any atom is -0.481 e. The largest absolute Gasteiger partial charge is 0.481 e. The number of hydrogen-bond donors (Lipinski definition) is 1. The molecule has 0 fully saturated rings. The Labute approximate surface area is 84.9 Å². The summed E-state index contributed by atoms with van der Waals surface area (Å²) in [5.41, 5.74) is 0.0492. The molecule has 0 unspecified atom stereocenters. The van der Waals surface area contributed by atoms with E-state index in [2.05, 4.69) is 0 Å². The molecule has 0 rings (SSSR count). The van der Waals surface area contributed by atoms with Crippen LogP contribution in [0.5, 0.6) is 0 Å². The quantitative estimate of drug-likeness (QED) is 0.747. The third kappa shape index (κ3) is 6.46. The first-order valence-electron chi connectivity index (χ1n) is 4.68. The van der Waals surface area contributed by atoms with E-state index >= 15 is 0 Å². The zero-order valence-corrected chi connectivity index (χ0v) is 9.33. The van der Waals surface area contributed by atoms with Gasteiger partial charge in [0.15, 0.2) is 0 Å². The fourth-order valence-corrected chi connectivity index (χ4v) is 1.20. The average Bonchev–Trinajstić information content (AvgIpc) is 1.96. The first kappa shape index (κ1) is 12.9. The number of hydrogen-bond acceptors (Lipinski definition) is 2.